The predicted molar refractivity (Wildman–Crippen MR) is 163 cm³/mol. The molecule has 0 saturated carbocycles. The molecule has 0 aliphatic carbocycles. The highest BCUT2D eigenvalue weighted by Gasteiger charge is 2.32. The number of carboxylic acid groups (broad SMARTS) is 1. The van der Waals surface area contributed by atoms with E-state index in [4.69, 9.17) is 10.5 Å². The van der Waals surface area contributed by atoms with Crippen LogP contribution in [-0.2, 0) is 20.7 Å². The van der Waals surface area contributed by atoms with E-state index in [1.807, 2.05) is 51.1 Å². The van der Waals surface area contributed by atoms with Crippen LogP contribution in [0.2, 0.25) is 0 Å². The Labute approximate surface area is 248 Å². The Balaban J connectivity index is 2.21. The molecular formula is C31H48N4O5S. The third kappa shape index (κ3) is 10.2. The average molecular weight is 589 g/mol. The number of hydrogen-bond donors (Lipinski definition) is 3. The van der Waals surface area contributed by atoms with Gasteiger partial charge in [-0.1, -0.05) is 71.4 Å². The second-order valence-electron chi connectivity index (χ2n) is 11.3. The molecule has 6 unspecified atom stereocenters. The summed E-state index contributed by atoms with van der Waals surface area (Å²) in [5, 5.41) is 14.8. The molecule has 41 heavy (non-hydrogen) atoms. The molecule has 0 radical (unpaired) electrons. The molecule has 0 aliphatic rings. The van der Waals surface area contributed by atoms with Crippen molar-refractivity contribution in [1.29, 1.82) is 0 Å². The third-order valence-corrected chi connectivity index (χ3v) is 8.67. The first kappa shape index (κ1) is 34.4. The number of aromatic nitrogens is 1. The van der Waals surface area contributed by atoms with Crippen LogP contribution >= 0.6 is 11.3 Å². The molecule has 0 aliphatic heterocycles. The van der Waals surface area contributed by atoms with Crippen LogP contribution in [0.5, 0.6) is 0 Å². The fourth-order valence-electron chi connectivity index (χ4n) is 4.85. The van der Waals surface area contributed by atoms with Gasteiger partial charge < -0.3 is 25.8 Å². The van der Waals surface area contributed by atoms with Gasteiger partial charge in [0.05, 0.1) is 12.0 Å². The summed E-state index contributed by atoms with van der Waals surface area (Å²) >= 11 is 1.35. The van der Waals surface area contributed by atoms with Gasteiger partial charge in [0, 0.05) is 37.5 Å². The Morgan fingerprint density at radius 1 is 1.10 bits per heavy atom. The molecule has 0 saturated heterocycles. The second kappa shape index (κ2) is 16.6. The zero-order valence-corrected chi connectivity index (χ0v) is 26.3. The Hall–Kier alpha value is -2.82. The zero-order chi connectivity index (χ0) is 30.7. The number of hydrogen-bond acceptors (Lipinski definition) is 7. The topological polar surface area (TPSA) is 135 Å². The minimum Gasteiger partial charge on any atom is -0.481 e. The number of carbonyl (C=O) groups excluding carboxylic acids is 2. The van der Waals surface area contributed by atoms with E-state index in [1.165, 1.54) is 11.3 Å². The first-order chi connectivity index (χ1) is 19.4. The first-order valence-corrected chi connectivity index (χ1v) is 15.4. The molecule has 2 aromatic rings. The lowest BCUT2D eigenvalue weighted by Crippen LogP contribution is -2.51. The molecule has 0 spiro atoms. The van der Waals surface area contributed by atoms with Gasteiger partial charge in [-0.15, -0.1) is 11.3 Å². The van der Waals surface area contributed by atoms with E-state index >= 15 is 0 Å². The fourth-order valence-corrected chi connectivity index (χ4v) is 5.71. The Kier molecular flexibility index (Phi) is 13.9. The minimum absolute atomic E-state index is 0.0738. The molecule has 1 aromatic carbocycles. The van der Waals surface area contributed by atoms with Crippen molar-refractivity contribution in [3.63, 3.8) is 0 Å². The third-order valence-electron chi connectivity index (χ3n) is 7.73. The van der Waals surface area contributed by atoms with Crippen LogP contribution in [-0.4, -0.2) is 64.6 Å². The van der Waals surface area contributed by atoms with Crippen molar-refractivity contribution >= 4 is 29.1 Å². The Bertz CT molecular complexity index is 1110. The standard InChI is InChI=1S/C31H48N4O5S/c1-8-20(5)27(32)30(37)35(7)25(19(3)4)17-26(40-9-2)29-34-24(18-41-29)28(36)33-23(15-21(6)31(38)39)16-22-13-11-10-12-14-22/h10-14,18-21,23,25-27H,8-9,15-17,32H2,1-7H3,(H,33,36)(H,38,39). The number of thiazole rings is 1. The molecule has 0 bridgehead atoms. The van der Waals surface area contributed by atoms with Gasteiger partial charge in [0.25, 0.3) is 5.91 Å². The van der Waals surface area contributed by atoms with E-state index < -0.39 is 24.0 Å². The molecule has 0 fully saturated rings. The summed E-state index contributed by atoms with van der Waals surface area (Å²) in [6.45, 7) is 12.1. The van der Waals surface area contributed by atoms with Crippen LogP contribution < -0.4 is 11.1 Å². The van der Waals surface area contributed by atoms with Gasteiger partial charge in [-0.3, -0.25) is 14.4 Å². The van der Waals surface area contributed by atoms with Crippen molar-refractivity contribution in [2.45, 2.75) is 91.5 Å². The maximum Gasteiger partial charge on any atom is 0.306 e. The number of carbonyl (C=O) groups is 3. The first-order valence-electron chi connectivity index (χ1n) is 14.6. The van der Waals surface area contributed by atoms with E-state index in [0.29, 0.717) is 30.9 Å². The van der Waals surface area contributed by atoms with Crippen molar-refractivity contribution in [2.75, 3.05) is 13.7 Å². The number of carboxylic acids is 1. The number of nitrogens with two attached hydrogens (primary N) is 1. The number of nitrogens with one attached hydrogen (secondary N) is 1. The lowest BCUT2D eigenvalue weighted by molar-refractivity contribution is -0.141. The van der Waals surface area contributed by atoms with Crippen molar-refractivity contribution in [2.24, 2.45) is 23.5 Å². The normalized spacial score (nSPS) is 15.9. The van der Waals surface area contributed by atoms with Crippen LogP contribution in [0.1, 0.15) is 88.0 Å². The van der Waals surface area contributed by atoms with E-state index in [-0.39, 0.29) is 41.4 Å². The van der Waals surface area contributed by atoms with Gasteiger partial charge in [0.15, 0.2) is 0 Å². The maximum absolute atomic E-state index is 13.3. The van der Waals surface area contributed by atoms with Gasteiger partial charge in [0.2, 0.25) is 5.91 Å². The highest BCUT2D eigenvalue weighted by molar-refractivity contribution is 7.09. The van der Waals surface area contributed by atoms with Crippen molar-refractivity contribution in [3.05, 3.63) is 52.0 Å². The van der Waals surface area contributed by atoms with Gasteiger partial charge in [-0.2, -0.15) is 0 Å². The summed E-state index contributed by atoms with van der Waals surface area (Å²) < 4.78 is 6.08. The predicted octanol–water partition coefficient (Wildman–Crippen LogP) is 4.92. The Morgan fingerprint density at radius 3 is 2.32 bits per heavy atom. The second-order valence-corrected chi connectivity index (χ2v) is 12.1. The molecule has 1 heterocycles. The Morgan fingerprint density at radius 2 is 1.76 bits per heavy atom. The van der Waals surface area contributed by atoms with Gasteiger partial charge >= 0.3 is 5.97 Å². The summed E-state index contributed by atoms with van der Waals surface area (Å²) in [5.74, 6) is -1.74. The van der Waals surface area contributed by atoms with Crippen molar-refractivity contribution < 1.29 is 24.2 Å². The van der Waals surface area contributed by atoms with E-state index in [0.717, 1.165) is 12.0 Å². The van der Waals surface area contributed by atoms with Crippen molar-refractivity contribution in [3.8, 4) is 0 Å². The van der Waals surface area contributed by atoms with Crippen LogP contribution in [0.15, 0.2) is 35.7 Å². The van der Waals surface area contributed by atoms with Gasteiger partial charge in [-0.25, -0.2) is 4.98 Å². The molecule has 4 N–H and O–H groups in total. The highest BCUT2D eigenvalue weighted by atomic mass is 32.1. The fraction of sp³-hybridized carbons (Fsp3) is 0.613. The summed E-state index contributed by atoms with van der Waals surface area (Å²) in [6.07, 6.45) is 1.74. The van der Waals surface area contributed by atoms with Crippen molar-refractivity contribution in [1.82, 2.24) is 15.2 Å². The number of ether oxygens (including phenoxy) is 1. The van der Waals surface area contributed by atoms with E-state index in [9.17, 15) is 19.5 Å². The lowest BCUT2D eigenvalue weighted by Gasteiger charge is -2.36. The smallest absolute Gasteiger partial charge is 0.306 e. The quantitative estimate of drug-likeness (QED) is 0.239. The highest BCUT2D eigenvalue weighted by Crippen LogP contribution is 2.30. The average Bonchev–Trinajstić information content (AvgIpc) is 3.44. The summed E-state index contributed by atoms with van der Waals surface area (Å²) in [4.78, 5) is 44.3. The summed E-state index contributed by atoms with van der Waals surface area (Å²) in [7, 11) is 1.80. The van der Waals surface area contributed by atoms with Crippen LogP contribution in [0, 0.1) is 17.8 Å². The molecule has 9 nitrogen and oxygen atoms in total. The minimum atomic E-state index is -0.902. The van der Waals surface area contributed by atoms with Crippen LogP contribution in [0.3, 0.4) is 0 Å². The molecule has 6 atom stereocenters. The van der Waals surface area contributed by atoms with Gasteiger partial charge in [-0.05, 0) is 37.2 Å². The number of nitrogens with zero attached hydrogens (tertiary/aromatic N) is 2. The number of likely N-dealkylation sites (N-methyl/N-ethyl adjacent to an activating group) is 1. The number of benzene rings is 1. The van der Waals surface area contributed by atoms with Crippen LogP contribution in [0.4, 0.5) is 0 Å². The lowest BCUT2D eigenvalue weighted by atomic mass is 9.93. The maximum atomic E-state index is 13.3. The molecule has 2 rings (SSSR count). The number of amides is 2. The van der Waals surface area contributed by atoms with Gasteiger partial charge in [0.1, 0.15) is 16.8 Å². The largest absolute Gasteiger partial charge is 0.481 e. The monoisotopic (exact) mass is 588 g/mol. The molecule has 1 aromatic heterocycles. The number of aliphatic carboxylic acids is 1. The zero-order valence-electron chi connectivity index (χ0n) is 25.5. The van der Waals surface area contributed by atoms with E-state index in [2.05, 4.69) is 24.1 Å². The molecule has 10 heteroatoms. The summed E-state index contributed by atoms with van der Waals surface area (Å²) in [6, 6.07) is 8.60. The molecular weight excluding hydrogens is 540 g/mol. The van der Waals surface area contributed by atoms with Crippen LogP contribution in [0.25, 0.3) is 0 Å². The summed E-state index contributed by atoms with van der Waals surface area (Å²) in [5.41, 5.74) is 7.55. The molecule has 2 amide bonds. The SMILES string of the molecule is CCOC(CC(C(C)C)N(C)C(=O)C(N)C(C)CC)c1nc(C(=O)NC(Cc2ccccc2)CC(C)C(=O)O)cs1. The molecule has 228 valence electrons. The number of rotatable bonds is 17. The van der Waals surface area contributed by atoms with E-state index in [1.54, 1.807) is 24.3 Å².